The number of aliphatic hydroxyl groups excluding tert-OH is 1. The van der Waals surface area contributed by atoms with Gasteiger partial charge in [0.2, 0.25) is 5.95 Å². The summed E-state index contributed by atoms with van der Waals surface area (Å²) in [4.78, 5) is 68.2. The molecule has 4 aliphatic heterocycles. The van der Waals surface area contributed by atoms with Crippen molar-refractivity contribution in [2.45, 2.75) is 51.3 Å². The molecule has 0 aliphatic carbocycles. The van der Waals surface area contributed by atoms with Crippen molar-refractivity contribution < 1.29 is 37.8 Å². The summed E-state index contributed by atoms with van der Waals surface area (Å²) in [5, 5.41) is 17.1. The second-order valence-electron chi connectivity index (χ2n) is 15.6. The lowest BCUT2D eigenvalue weighted by Crippen LogP contribution is -2.52. The number of hydrogen-bond donors (Lipinski definition) is 4. The number of urea groups is 1. The summed E-state index contributed by atoms with van der Waals surface area (Å²) >= 11 is 0. The molecule has 4 N–H and O–H groups in total. The van der Waals surface area contributed by atoms with Crippen LogP contribution < -0.4 is 35.5 Å². The second-order valence-corrected chi connectivity index (χ2v) is 15.6. The van der Waals surface area contributed by atoms with Gasteiger partial charge in [-0.25, -0.2) is 14.8 Å². The summed E-state index contributed by atoms with van der Waals surface area (Å²) in [5.41, 5.74) is 5.26. The van der Waals surface area contributed by atoms with Crippen LogP contribution in [0.5, 0.6) is 5.75 Å². The van der Waals surface area contributed by atoms with E-state index in [4.69, 9.17) is 4.74 Å². The molecule has 1 aromatic heterocycles. The number of carbonyl (C=O) groups is 4. The number of hydrazine groups is 1. The van der Waals surface area contributed by atoms with Crippen LogP contribution in [-0.2, 0) is 4.79 Å². The molecule has 59 heavy (non-hydrogen) atoms. The van der Waals surface area contributed by atoms with Crippen molar-refractivity contribution in [2.24, 2.45) is 5.92 Å². The summed E-state index contributed by atoms with van der Waals surface area (Å²) in [5.74, 6) is -4.17. The Balaban J connectivity index is 0.873. The lowest BCUT2D eigenvalue weighted by molar-refractivity contribution is -0.140. The Morgan fingerprint density at radius 3 is 2.34 bits per heavy atom. The first-order valence-corrected chi connectivity index (χ1v) is 19.9. The van der Waals surface area contributed by atoms with Crippen molar-refractivity contribution in [3.8, 4) is 5.75 Å². The van der Waals surface area contributed by atoms with E-state index in [-0.39, 0.29) is 41.3 Å². The molecule has 0 spiro atoms. The van der Waals surface area contributed by atoms with Crippen LogP contribution >= 0.6 is 0 Å². The van der Waals surface area contributed by atoms with E-state index in [1.54, 1.807) is 61.2 Å². The zero-order valence-electron chi connectivity index (χ0n) is 33.7. The van der Waals surface area contributed by atoms with Crippen LogP contribution in [-0.4, -0.2) is 145 Å². The normalized spacial score (nSPS) is 20.6. The molecule has 19 heteroatoms. The average molecular weight is 820 g/mol. The minimum atomic E-state index is -3.61. The quantitative estimate of drug-likeness (QED) is 0.236. The molecule has 2 aromatic carbocycles. The molecule has 3 fully saturated rings. The number of amides is 5. The fraction of sp³-hybridized carbons (Fsp3) is 0.500. The maximum absolute atomic E-state index is 14.7. The molecule has 3 aromatic rings. The third-order valence-corrected chi connectivity index (χ3v) is 11.3. The van der Waals surface area contributed by atoms with E-state index in [1.807, 2.05) is 9.91 Å². The number of piperidine rings is 1. The first-order valence-electron chi connectivity index (χ1n) is 19.9. The summed E-state index contributed by atoms with van der Waals surface area (Å²) in [7, 11) is 2.75. The number of aliphatic hydroxyl groups is 1. The van der Waals surface area contributed by atoms with Crippen molar-refractivity contribution in [3.63, 3.8) is 0 Å². The number of aromatic nitrogens is 2. The molecule has 316 valence electrons. The maximum Gasteiger partial charge on any atom is 0.342 e. The minimum Gasteiger partial charge on any atom is -0.495 e. The number of fused-ring (bicyclic) bond motifs is 1. The molecular weight excluding hydrogens is 769 g/mol. The number of rotatable bonds is 10. The number of hydrogen-bond acceptors (Lipinski definition) is 12. The first kappa shape index (κ1) is 41.5. The number of halogens is 2. The van der Waals surface area contributed by atoms with Crippen LogP contribution in [0.1, 0.15) is 53.8 Å². The average Bonchev–Trinajstić information content (AvgIpc) is 3.30. The van der Waals surface area contributed by atoms with Gasteiger partial charge in [0.15, 0.2) is 5.82 Å². The highest BCUT2D eigenvalue weighted by Crippen LogP contribution is 2.37. The summed E-state index contributed by atoms with van der Waals surface area (Å²) in [6.07, 6.45) is 2.73. The van der Waals surface area contributed by atoms with Crippen molar-refractivity contribution >= 4 is 52.6 Å². The number of nitrogens with one attached hydrogen (secondary N) is 3. The van der Waals surface area contributed by atoms with Gasteiger partial charge in [-0.3, -0.25) is 29.6 Å². The molecule has 0 radical (unpaired) electrons. The zero-order chi connectivity index (χ0) is 42.0. The topological polar surface area (TPSA) is 179 Å². The summed E-state index contributed by atoms with van der Waals surface area (Å²) in [6, 6.07) is 11.2. The maximum atomic E-state index is 14.7. The van der Waals surface area contributed by atoms with Crippen LogP contribution in [0.15, 0.2) is 48.7 Å². The van der Waals surface area contributed by atoms with Gasteiger partial charge in [0, 0.05) is 88.7 Å². The highest BCUT2D eigenvalue weighted by Gasteiger charge is 2.47. The summed E-state index contributed by atoms with van der Waals surface area (Å²) in [6.45, 7) is 8.16. The van der Waals surface area contributed by atoms with Crippen molar-refractivity contribution in [3.05, 3.63) is 59.8 Å². The molecule has 1 unspecified atom stereocenters. The number of benzene rings is 2. The molecule has 1 atom stereocenters. The van der Waals surface area contributed by atoms with Gasteiger partial charge < -0.3 is 35.2 Å². The highest BCUT2D eigenvalue weighted by atomic mass is 19.3. The molecular formula is C40H51F2N11O6. The zero-order valence-corrected chi connectivity index (χ0v) is 33.7. The molecule has 3 saturated heterocycles. The third kappa shape index (κ3) is 9.16. The van der Waals surface area contributed by atoms with Gasteiger partial charge in [-0.15, -0.1) is 0 Å². The third-order valence-electron chi connectivity index (χ3n) is 11.3. The molecule has 5 amide bonds. The molecule has 0 saturated carbocycles. The lowest BCUT2D eigenvalue weighted by atomic mass is 9.96. The fourth-order valence-electron chi connectivity index (χ4n) is 7.86. The van der Waals surface area contributed by atoms with Gasteiger partial charge in [0.05, 0.1) is 25.5 Å². The van der Waals surface area contributed by atoms with E-state index < -0.39 is 24.6 Å². The number of piperazine rings is 1. The van der Waals surface area contributed by atoms with Crippen LogP contribution in [0.2, 0.25) is 0 Å². The van der Waals surface area contributed by atoms with E-state index in [1.165, 1.54) is 25.3 Å². The van der Waals surface area contributed by atoms with E-state index in [9.17, 15) is 33.1 Å². The molecule has 0 bridgehead atoms. The van der Waals surface area contributed by atoms with Crippen LogP contribution in [0, 0.1) is 5.92 Å². The Kier molecular flexibility index (Phi) is 12.2. The van der Waals surface area contributed by atoms with E-state index in [2.05, 4.69) is 30.9 Å². The Hall–Kier alpha value is -5.66. The van der Waals surface area contributed by atoms with Gasteiger partial charge in [-0.05, 0) is 75.1 Å². The first-order chi connectivity index (χ1) is 28.2. The minimum absolute atomic E-state index is 0.0381. The Bertz CT molecular complexity index is 2040. The predicted molar refractivity (Wildman–Crippen MR) is 216 cm³/mol. The van der Waals surface area contributed by atoms with Gasteiger partial charge >= 0.3 is 12.0 Å². The van der Waals surface area contributed by atoms with Gasteiger partial charge in [0.25, 0.3) is 17.7 Å². The Morgan fingerprint density at radius 1 is 0.983 bits per heavy atom. The smallest absolute Gasteiger partial charge is 0.342 e. The number of methoxy groups -OCH3 is 1. The molecule has 7 rings (SSSR count). The number of alkyl halides is 2. The fourth-order valence-corrected chi connectivity index (χ4v) is 7.86. The van der Waals surface area contributed by atoms with E-state index >= 15 is 0 Å². The predicted octanol–water partition coefficient (Wildman–Crippen LogP) is 3.11. The van der Waals surface area contributed by atoms with Gasteiger partial charge in [-0.1, -0.05) is 0 Å². The highest BCUT2D eigenvalue weighted by molar-refractivity contribution is 6.02. The van der Waals surface area contributed by atoms with Crippen LogP contribution in [0.25, 0.3) is 0 Å². The monoisotopic (exact) mass is 819 g/mol. The standard InChI is InChI=1S/C40H51F2N11O6/c1-25(2)53-24-40(41,42)37(57)48(3)31-22-43-38(46-34(31)53)44-30-10-7-28(21-32(30)59-4)35(55)47-51-14-11-26(12-15-51)23-49-17-19-50(20-18-49)36(56)27-5-8-29(9-6-27)52-16-13-33(54)45-39(52)58/h5-10,21-22,25-26,33,54H,11-20,23-24H2,1-4H3,(H,45,58)(H,47,55)(H,43,44,46). The van der Waals surface area contributed by atoms with Crippen molar-refractivity contribution in [2.75, 3.05) is 93.1 Å². The van der Waals surface area contributed by atoms with Crippen LogP contribution in [0.4, 0.5) is 42.4 Å². The number of anilines is 5. The number of carbonyl (C=O) groups excluding carboxylic acids is 4. The second kappa shape index (κ2) is 17.3. The van der Waals surface area contributed by atoms with Gasteiger partial charge in [-0.2, -0.15) is 13.8 Å². The number of nitrogens with zero attached hydrogens (tertiary/aromatic N) is 8. The van der Waals surface area contributed by atoms with Gasteiger partial charge in [0.1, 0.15) is 17.7 Å². The van der Waals surface area contributed by atoms with E-state index in [0.717, 1.165) is 37.4 Å². The van der Waals surface area contributed by atoms with Crippen molar-refractivity contribution in [1.82, 2.24) is 35.5 Å². The Morgan fingerprint density at radius 2 is 1.68 bits per heavy atom. The molecule has 17 nitrogen and oxygen atoms in total. The SMILES string of the molecule is COc1cc(C(=O)NN2CCC(CN3CCN(C(=O)c4ccc(N5CCC(O)NC5=O)cc4)CC3)CC2)ccc1Nc1ncc2c(n1)N(C(C)C)CC(F)(F)C(=O)N2C. The van der Waals surface area contributed by atoms with Crippen LogP contribution in [0.3, 0.4) is 0 Å². The Labute approximate surface area is 341 Å². The summed E-state index contributed by atoms with van der Waals surface area (Å²) < 4.78 is 35.1. The van der Waals surface area contributed by atoms with Crippen molar-refractivity contribution in [1.29, 1.82) is 0 Å². The lowest BCUT2D eigenvalue weighted by Gasteiger charge is -2.39. The molecule has 5 heterocycles. The number of ether oxygens (including phenoxy) is 1. The largest absolute Gasteiger partial charge is 0.495 e. The van der Waals surface area contributed by atoms with E-state index in [0.29, 0.717) is 73.3 Å². The molecule has 4 aliphatic rings.